The van der Waals surface area contributed by atoms with Gasteiger partial charge in [0.1, 0.15) is 11.6 Å². The van der Waals surface area contributed by atoms with Gasteiger partial charge < -0.3 is 19.9 Å². The second-order valence-electron chi connectivity index (χ2n) is 7.43. The number of rotatable bonds is 5. The first kappa shape index (κ1) is 17.9. The molecule has 0 atom stereocenters. The molecule has 3 aromatic rings. The van der Waals surface area contributed by atoms with Gasteiger partial charge in [0, 0.05) is 18.2 Å². The molecule has 2 aromatic carbocycles. The van der Waals surface area contributed by atoms with Crippen LogP contribution in [0.4, 0.5) is 5.69 Å². The highest BCUT2D eigenvalue weighted by atomic mass is 16.5. The molecule has 0 spiro atoms. The number of benzene rings is 2. The van der Waals surface area contributed by atoms with Crippen LogP contribution in [0.3, 0.4) is 0 Å². The number of nitrogens with two attached hydrogens (primary N) is 1. The number of fused-ring (bicyclic) bond motifs is 1. The van der Waals surface area contributed by atoms with Gasteiger partial charge in [0.25, 0.3) is 0 Å². The molecule has 1 fully saturated rings. The van der Waals surface area contributed by atoms with Crippen LogP contribution >= 0.6 is 0 Å². The molecular weight excluding hydrogens is 336 g/mol. The van der Waals surface area contributed by atoms with Crippen LogP contribution in [0.2, 0.25) is 0 Å². The molecule has 0 radical (unpaired) electrons. The Labute approximate surface area is 160 Å². The molecule has 0 aliphatic carbocycles. The molecule has 0 bridgehead atoms. The first-order valence-corrected chi connectivity index (χ1v) is 9.80. The summed E-state index contributed by atoms with van der Waals surface area (Å²) in [6, 6.07) is 14.9. The van der Waals surface area contributed by atoms with Crippen LogP contribution in [0.5, 0.6) is 5.75 Å². The molecule has 5 heteroatoms. The van der Waals surface area contributed by atoms with Crippen LogP contribution in [0.25, 0.3) is 11.0 Å². The van der Waals surface area contributed by atoms with Crippen LogP contribution in [-0.2, 0) is 6.42 Å². The molecule has 0 amide bonds. The van der Waals surface area contributed by atoms with E-state index in [1.165, 1.54) is 11.1 Å². The van der Waals surface area contributed by atoms with Crippen molar-refractivity contribution in [1.82, 2.24) is 14.5 Å². The summed E-state index contributed by atoms with van der Waals surface area (Å²) in [4.78, 5) is 7.36. The smallest absolute Gasteiger partial charge is 0.119 e. The lowest BCUT2D eigenvalue weighted by Gasteiger charge is -2.31. The molecule has 5 nitrogen and oxygen atoms in total. The van der Waals surface area contributed by atoms with Gasteiger partial charge in [-0.25, -0.2) is 4.98 Å². The molecule has 0 unspecified atom stereocenters. The molecule has 1 aliphatic heterocycles. The second-order valence-corrected chi connectivity index (χ2v) is 7.43. The zero-order chi connectivity index (χ0) is 18.8. The Balaban J connectivity index is 1.69. The van der Waals surface area contributed by atoms with Gasteiger partial charge in [0.2, 0.25) is 0 Å². The quantitative estimate of drug-likeness (QED) is 0.698. The van der Waals surface area contributed by atoms with Crippen LogP contribution in [0.15, 0.2) is 42.5 Å². The van der Waals surface area contributed by atoms with E-state index in [4.69, 9.17) is 15.5 Å². The average molecular weight is 364 g/mol. The fourth-order valence-electron chi connectivity index (χ4n) is 4.00. The van der Waals surface area contributed by atoms with Crippen molar-refractivity contribution in [3.8, 4) is 5.75 Å². The number of piperidine rings is 1. The Morgan fingerprint density at radius 1 is 1.11 bits per heavy atom. The SMILES string of the molecule is CCOc1ccc(Cc2nc3cc(N)ccc3n2C2CCN(C)CC2)cc1. The van der Waals surface area contributed by atoms with E-state index in [1.54, 1.807) is 0 Å². The number of ether oxygens (including phenoxy) is 1. The fourth-order valence-corrected chi connectivity index (χ4v) is 4.00. The van der Waals surface area contributed by atoms with Crippen molar-refractivity contribution in [3.05, 3.63) is 53.9 Å². The van der Waals surface area contributed by atoms with E-state index >= 15 is 0 Å². The van der Waals surface area contributed by atoms with Crippen molar-refractivity contribution in [2.45, 2.75) is 32.2 Å². The largest absolute Gasteiger partial charge is 0.494 e. The third kappa shape index (κ3) is 3.78. The predicted molar refractivity (Wildman–Crippen MR) is 110 cm³/mol. The Hall–Kier alpha value is -2.53. The number of anilines is 1. The van der Waals surface area contributed by atoms with E-state index in [1.807, 2.05) is 31.2 Å². The zero-order valence-electron chi connectivity index (χ0n) is 16.2. The third-order valence-corrected chi connectivity index (χ3v) is 5.44. The van der Waals surface area contributed by atoms with Crippen molar-refractivity contribution < 1.29 is 4.74 Å². The van der Waals surface area contributed by atoms with E-state index in [2.05, 4.69) is 34.7 Å². The highest BCUT2D eigenvalue weighted by Gasteiger charge is 2.23. The van der Waals surface area contributed by atoms with Crippen molar-refractivity contribution in [2.75, 3.05) is 32.5 Å². The standard InChI is InChI=1S/C22H28N4O/c1-3-27-19-7-4-16(5-8-19)14-22-24-20-15-17(23)6-9-21(20)26(22)18-10-12-25(2)13-11-18/h4-9,15,18H,3,10-14,23H2,1-2H3. The van der Waals surface area contributed by atoms with Crippen LogP contribution in [0, 0.1) is 0 Å². The molecule has 4 rings (SSSR count). The van der Waals surface area contributed by atoms with Gasteiger partial charge >= 0.3 is 0 Å². The second kappa shape index (κ2) is 7.61. The Bertz CT molecular complexity index is 908. The van der Waals surface area contributed by atoms with Crippen LogP contribution < -0.4 is 10.5 Å². The maximum absolute atomic E-state index is 6.01. The van der Waals surface area contributed by atoms with Gasteiger partial charge in [-0.1, -0.05) is 12.1 Å². The normalized spacial score (nSPS) is 16.1. The molecule has 2 heterocycles. The minimum atomic E-state index is 0.493. The highest BCUT2D eigenvalue weighted by Crippen LogP contribution is 2.30. The average Bonchev–Trinajstić information content (AvgIpc) is 3.01. The first-order valence-electron chi connectivity index (χ1n) is 9.80. The lowest BCUT2D eigenvalue weighted by atomic mass is 10.0. The van der Waals surface area contributed by atoms with Gasteiger partial charge in [-0.2, -0.15) is 0 Å². The number of imidazole rings is 1. The Kier molecular flexibility index (Phi) is 5.03. The molecule has 2 N–H and O–H groups in total. The summed E-state index contributed by atoms with van der Waals surface area (Å²) in [6.07, 6.45) is 3.12. The Morgan fingerprint density at radius 3 is 2.56 bits per heavy atom. The van der Waals surface area contributed by atoms with Crippen LogP contribution in [0.1, 0.15) is 37.2 Å². The maximum atomic E-state index is 6.01. The van der Waals surface area contributed by atoms with E-state index in [9.17, 15) is 0 Å². The van der Waals surface area contributed by atoms with Gasteiger partial charge in [-0.05, 0) is 75.8 Å². The van der Waals surface area contributed by atoms with Crippen LogP contribution in [-0.4, -0.2) is 41.2 Å². The fraction of sp³-hybridized carbons (Fsp3) is 0.409. The number of nitrogens with zero attached hydrogens (tertiary/aromatic N) is 3. The molecule has 1 aromatic heterocycles. The van der Waals surface area contributed by atoms with E-state index in [0.717, 1.165) is 55.1 Å². The number of likely N-dealkylation sites (tertiary alicyclic amines) is 1. The van der Waals surface area contributed by atoms with Gasteiger partial charge in [0.15, 0.2) is 0 Å². The van der Waals surface area contributed by atoms with Gasteiger partial charge in [0.05, 0.1) is 17.6 Å². The number of hydrogen-bond acceptors (Lipinski definition) is 4. The zero-order valence-corrected chi connectivity index (χ0v) is 16.2. The van der Waals surface area contributed by atoms with Crippen molar-refractivity contribution in [2.24, 2.45) is 0 Å². The molecule has 0 saturated carbocycles. The lowest BCUT2D eigenvalue weighted by molar-refractivity contribution is 0.222. The van der Waals surface area contributed by atoms with Crippen molar-refractivity contribution >= 4 is 16.7 Å². The summed E-state index contributed by atoms with van der Waals surface area (Å²) >= 11 is 0. The first-order chi connectivity index (χ1) is 13.1. The number of aromatic nitrogens is 2. The van der Waals surface area contributed by atoms with E-state index < -0.39 is 0 Å². The predicted octanol–water partition coefficient (Wildman–Crippen LogP) is 3.87. The maximum Gasteiger partial charge on any atom is 0.119 e. The summed E-state index contributed by atoms with van der Waals surface area (Å²) in [5.41, 5.74) is 10.2. The Morgan fingerprint density at radius 2 is 1.85 bits per heavy atom. The summed E-state index contributed by atoms with van der Waals surface area (Å²) in [6.45, 7) is 4.94. The topological polar surface area (TPSA) is 56.3 Å². The summed E-state index contributed by atoms with van der Waals surface area (Å²) in [5.74, 6) is 2.03. The lowest BCUT2D eigenvalue weighted by Crippen LogP contribution is -2.32. The monoisotopic (exact) mass is 364 g/mol. The molecule has 1 aliphatic rings. The summed E-state index contributed by atoms with van der Waals surface area (Å²) < 4.78 is 8.02. The van der Waals surface area contributed by atoms with E-state index in [0.29, 0.717) is 12.6 Å². The third-order valence-electron chi connectivity index (χ3n) is 5.44. The van der Waals surface area contributed by atoms with Crippen molar-refractivity contribution in [3.63, 3.8) is 0 Å². The summed E-state index contributed by atoms with van der Waals surface area (Å²) in [5, 5.41) is 0. The summed E-state index contributed by atoms with van der Waals surface area (Å²) in [7, 11) is 2.20. The minimum absolute atomic E-state index is 0.493. The van der Waals surface area contributed by atoms with Gasteiger partial charge in [-0.3, -0.25) is 0 Å². The number of hydrogen-bond donors (Lipinski definition) is 1. The molecule has 1 saturated heterocycles. The highest BCUT2D eigenvalue weighted by molar-refractivity contribution is 5.80. The number of nitrogen functional groups attached to an aromatic ring is 1. The van der Waals surface area contributed by atoms with E-state index in [-0.39, 0.29) is 0 Å². The molecule has 27 heavy (non-hydrogen) atoms. The van der Waals surface area contributed by atoms with Crippen molar-refractivity contribution in [1.29, 1.82) is 0 Å². The minimum Gasteiger partial charge on any atom is -0.494 e. The molecule has 142 valence electrons. The van der Waals surface area contributed by atoms with Gasteiger partial charge in [-0.15, -0.1) is 0 Å². The molecular formula is C22H28N4O.